The van der Waals surface area contributed by atoms with Crippen LogP contribution < -0.4 is 5.50 Å². The van der Waals surface area contributed by atoms with Crippen LogP contribution in [0, 0.1) is 5.41 Å². The van der Waals surface area contributed by atoms with E-state index in [2.05, 4.69) is 4.52 Å². The molecular weight excluding hydrogens is 221 g/mol. The van der Waals surface area contributed by atoms with Crippen LogP contribution in [0.4, 0.5) is 0 Å². The van der Waals surface area contributed by atoms with Gasteiger partial charge in [-0.05, 0) is 12.3 Å². The SMILES string of the molecule is CC(OP(N)(=O)O)C(=O)OCC(C)(C)C. The Kier molecular flexibility index (Phi) is 4.93. The van der Waals surface area contributed by atoms with E-state index < -0.39 is 19.8 Å². The minimum atomic E-state index is -4.14. The molecule has 0 saturated heterocycles. The van der Waals surface area contributed by atoms with Crippen molar-refractivity contribution in [1.82, 2.24) is 0 Å². The van der Waals surface area contributed by atoms with E-state index in [0.717, 1.165) is 0 Å². The van der Waals surface area contributed by atoms with Gasteiger partial charge in [0.2, 0.25) is 0 Å². The van der Waals surface area contributed by atoms with Gasteiger partial charge in [-0.2, -0.15) is 0 Å². The van der Waals surface area contributed by atoms with Gasteiger partial charge in [0.1, 0.15) is 0 Å². The lowest BCUT2D eigenvalue weighted by atomic mass is 9.99. The van der Waals surface area contributed by atoms with Crippen molar-refractivity contribution in [1.29, 1.82) is 0 Å². The second-order valence-corrected chi connectivity index (χ2v) is 5.82. The average Bonchev–Trinajstić information content (AvgIpc) is 1.95. The van der Waals surface area contributed by atoms with Gasteiger partial charge < -0.3 is 9.63 Å². The summed E-state index contributed by atoms with van der Waals surface area (Å²) in [6, 6.07) is 0. The zero-order chi connectivity index (χ0) is 12.3. The van der Waals surface area contributed by atoms with E-state index in [0.29, 0.717) is 0 Å². The molecule has 0 spiro atoms. The zero-order valence-electron chi connectivity index (χ0n) is 9.39. The molecule has 3 N–H and O–H groups in total. The summed E-state index contributed by atoms with van der Waals surface area (Å²) in [4.78, 5) is 19.9. The highest BCUT2D eigenvalue weighted by Gasteiger charge is 2.25. The lowest BCUT2D eigenvalue weighted by Gasteiger charge is -2.20. The van der Waals surface area contributed by atoms with Crippen molar-refractivity contribution < 1.29 is 23.5 Å². The average molecular weight is 239 g/mol. The van der Waals surface area contributed by atoms with Gasteiger partial charge in [-0.25, -0.2) is 14.9 Å². The van der Waals surface area contributed by atoms with Crippen molar-refractivity contribution in [3.8, 4) is 0 Å². The molecule has 2 atom stereocenters. The maximum atomic E-state index is 11.2. The minimum Gasteiger partial charge on any atom is -0.463 e. The Morgan fingerprint density at radius 1 is 1.53 bits per heavy atom. The van der Waals surface area contributed by atoms with Gasteiger partial charge in [0.25, 0.3) is 0 Å². The summed E-state index contributed by atoms with van der Waals surface area (Å²) in [5, 5.41) is 0. The number of esters is 1. The normalized spacial score (nSPS) is 18.0. The fourth-order valence-corrected chi connectivity index (χ4v) is 1.21. The standard InChI is InChI=1S/C8H18NO5P/c1-6(14-15(9,11)12)7(10)13-5-8(2,3)4/h6H,5H2,1-4H3,(H3,9,11,12). The Labute approximate surface area is 89.3 Å². The third-order valence-corrected chi connectivity index (χ3v) is 1.91. The first kappa shape index (κ1) is 14.6. The molecule has 0 aromatic rings. The third kappa shape index (κ3) is 8.57. The van der Waals surface area contributed by atoms with Crippen LogP contribution in [0.15, 0.2) is 0 Å². The quantitative estimate of drug-likeness (QED) is 0.561. The van der Waals surface area contributed by atoms with Crippen molar-refractivity contribution in [3.63, 3.8) is 0 Å². The molecule has 0 aromatic carbocycles. The van der Waals surface area contributed by atoms with Crippen molar-refractivity contribution in [2.75, 3.05) is 6.61 Å². The summed E-state index contributed by atoms with van der Waals surface area (Å²) in [5.41, 5.74) is 4.57. The molecule has 0 aromatic heterocycles. The molecule has 90 valence electrons. The topological polar surface area (TPSA) is 98.9 Å². The molecule has 0 saturated carbocycles. The predicted octanol–water partition coefficient (Wildman–Crippen LogP) is 1.04. The van der Waals surface area contributed by atoms with E-state index >= 15 is 0 Å². The summed E-state index contributed by atoms with van der Waals surface area (Å²) < 4.78 is 19.9. The summed E-state index contributed by atoms with van der Waals surface area (Å²) in [5.74, 6) is -0.704. The van der Waals surface area contributed by atoms with Crippen LogP contribution in [0.25, 0.3) is 0 Å². The largest absolute Gasteiger partial charge is 0.463 e. The van der Waals surface area contributed by atoms with E-state index in [9.17, 15) is 9.36 Å². The molecule has 6 nitrogen and oxygen atoms in total. The van der Waals surface area contributed by atoms with Crippen molar-refractivity contribution in [2.45, 2.75) is 33.8 Å². The van der Waals surface area contributed by atoms with Gasteiger partial charge in [-0.3, -0.25) is 4.52 Å². The zero-order valence-corrected chi connectivity index (χ0v) is 10.3. The number of ether oxygens (including phenoxy) is 1. The maximum absolute atomic E-state index is 11.2. The molecule has 0 bridgehead atoms. The number of carbonyl (C=O) groups is 1. The van der Waals surface area contributed by atoms with E-state index in [1.54, 1.807) is 0 Å². The van der Waals surface area contributed by atoms with Gasteiger partial charge in [0, 0.05) is 0 Å². The monoisotopic (exact) mass is 239 g/mol. The molecule has 0 amide bonds. The van der Waals surface area contributed by atoms with E-state index in [-0.39, 0.29) is 12.0 Å². The lowest BCUT2D eigenvalue weighted by molar-refractivity contribution is -0.154. The maximum Gasteiger partial charge on any atom is 0.401 e. The molecule has 0 aliphatic rings. The first-order valence-corrected chi connectivity index (χ1v) is 6.12. The summed E-state index contributed by atoms with van der Waals surface area (Å²) in [6.07, 6.45) is -1.15. The molecule has 0 heterocycles. The first-order valence-electron chi connectivity index (χ1n) is 4.48. The highest BCUT2D eigenvalue weighted by atomic mass is 31.2. The highest BCUT2D eigenvalue weighted by Crippen LogP contribution is 2.33. The summed E-state index contributed by atoms with van der Waals surface area (Å²) >= 11 is 0. The Morgan fingerprint density at radius 2 is 2.00 bits per heavy atom. The van der Waals surface area contributed by atoms with Gasteiger partial charge in [0.05, 0.1) is 6.61 Å². The van der Waals surface area contributed by atoms with Gasteiger partial charge >= 0.3 is 13.7 Å². The summed E-state index contributed by atoms with van der Waals surface area (Å²) in [6.45, 7) is 7.20. The third-order valence-electron chi connectivity index (χ3n) is 1.29. The van der Waals surface area contributed by atoms with Crippen LogP contribution in [-0.4, -0.2) is 23.6 Å². The fourth-order valence-electron chi connectivity index (χ4n) is 0.675. The Morgan fingerprint density at radius 3 is 2.33 bits per heavy atom. The van der Waals surface area contributed by atoms with Crippen LogP contribution in [0.2, 0.25) is 0 Å². The van der Waals surface area contributed by atoms with Crippen molar-refractivity contribution in [2.24, 2.45) is 10.9 Å². The van der Waals surface area contributed by atoms with E-state index in [4.69, 9.17) is 15.1 Å². The van der Waals surface area contributed by atoms with Crippen molar-refractivity contribution >= 4 is 13.7 Å². The molecule has 0 fully saturated rings. The number of hydrogen-bond donors (Lipinski definition) is 2. The molecule has 2 unspecified atom stereocenters. The highest BCUT2D eigenvalue weighted by molar-refractivity contribution is 7.50. The van der Waals surface area contributed by atoms with Crippen molar-refractivity contribution in [3.05, 3.63) is 0 Å². The minimum absolute atomic E-state index is 0.166. The Hall–Kier alpha value is -0.420. The molecule has 0 radical (unpaired) electrons. The lowest BCUT2D eigenvalue weighted by Crippen LogP contribution is -2.27. The second kappa shape index (κ2) is 5.07. The van der Waals surface area contributed by atoms with Crippen LogP contribution in [-0.2, 0) is 18.6 Å². The van der Waals surface area contributed by atoms with E-state index in [1.165, 1.54) is 6.92 Å². The molecule has 0 rings (SSSR count). The Balaban J connectivity index is 4.07. The molecule has 0 aliphatic carbocycles. The number of rotatable bonds is 4. The first-order chi connectivity index (χ1) is 6.51. The summed E-state index contributed by atoms with van der Waals surface area (Å²) in [7, 11) is -4.14. The van der Waals surface area contributed by atoms with Crippen LogP contribution in [0.5, 0.6) is 0 Å². The van der Waals surface area contributed by atoms with Crippen LogP contribution in [0.3, 0.4) is 0 Å². The number of carbonyl (C=O) groups excluding carboxylic acids is 1. The molecule has 7 heteroatoms. The molecular formula is C8H18NO5P. The number of hydrogen-bond acceptors (Lipinski definition) is 4. The van der Waals surface area contributed by atoms with Gasteiger partial charge in [-0.15, -0.1) is 0 Å². The van der Waals surface area contributed by atoms with Gasteiger partial charge in [-0.1, -0.05) is 20.8 Å². The fraction of sp³-hybridized carbons (Fsp3) is 0.875. The predicted molar refractivity (Wildman–Crippen MR) is 55.0 cm³/mol. The number of nitrogens with two attached hydrogens (primary N) is 1. The van der Waals surface area contributed by atoms with Crippen LogP contribution in [0.1, 0.15) is 27.7 Å². The van der Waals surface area contributed by atoms with Crippen LogP contribution >= 0.6 is 7.75 Å². The molecule has 0 aliphatic heterocycles. The second-order valence-electron chi connectivity index (χ2n) is 4.48. The van der Waals surface area contributed by atoms with Gasteiger partial charge in [0.15, 0.2) is 6.10 Å². The smallest absolute Gasteiger partial charge is 0.401 e. The Bertz CT molecular complexity index is 267. The van der Waals surface area contributed by atoms with E-state index in [1.807, 2.05) is 20.8 Å². The molecule has 15 heavy (non-hydrogen) atoms.